The van der Waals surface area contributed by atoms with Crippen LogP contribution in [0.3, 0.4) is 0 Å². The Morgan fingerprint density at radius 1 is 1.12 bits per heavy atom. The van der Waals surface area contributed by atoms with Crippen LogP contribution in [0.2, 0.25) is 0 Å². The number of aromatic nitrogens is 2. The molecular formula is C13H16N2O. The quantitative estimate of drug-likeness (QED) is 0.756. The lowest BCUT2D eigenvalue weighted by molar-refractivity contribution is 0.646. The van der Waals surface area contributed by atoms with Crippen LogP contribution in [-0.2, 0) is 7.05 Å². The van der Waals surface area contributed by atoms with E-state index in [1.54, 1.807) is 4.68 Å². The third-order valence-corrected chi connectivity index (χ3v) is 2.70. The summed E-state index contributed by atoms with van der Waals surface area (Å²) < 4.78 is 3.53. The normalized spacial score (nSPS) is 11.0. The molecule has 1 aromatic carbocycles. The maximum Gasteiger partial charge on any atom is 0.274 e. The summed E-state index contributed by atoms with van der Waals surface area (Å²) in [6.07, 6.45) is 1.90. The molecule has 1 heterocycles. The summed E-state index contributed by atoms with van der Waals surface area (Å²) in [6.45, 7) is 4.07. The number of rotatable bonds is 2. The third kappa shape index (κ3) is 1.69. The zero-order valence-electron chi connectivity index (χ0n) is 9.84. The van der Waals surface area contributed by atoms with Crippen LogP contribution in [-0.4, -0.2) is 9.36 Å². The van der Waals surface area contributed by atoms with Crippen LogP contribution >= 0.6 is 0 Å². The highest BCUT2D eigenvalue weighted by atomic mass is 16.1. The zero-order chi connectivity index (χ0) is 11.7. The van der Waals surface area contributed by atoms with E-state index in [0.717, 1.165) is 11.3 Å². The smallest absolute Gasteiger partial charge is 0.274 e. The Hall–Kier alpha value is -1.77. The van der Waals surface area contributed by atoms with Crippen LogP contribution < -0.4 is 5.56 Å². The Kier molecular flexibility index (Phi) is 2.69. The van der Waals surface area contributed by atoms with Gasteiger partial charge in [0, 0.05) is 18.8 Å². The van der Waals surface area contributed by atoms with Gasteiger partial charge in [0.05, 0.1) is 5.69 Å². The van der Waals surface area contributed by atoms with E-state index in [-0.39, 0.29) is 11.5 Å². The lowest BCUT2D eigenvalue weighted by atomic mass is 10.1. The topological polar surface area (TPSA) is 26.9 Å². The minimum atomic E-state index is 0.0729. The summed E-state index contributed by atoms with van der Waals surface area (Å²) in [7, 11) is 1.89. The van der Waals surface area contributed by atoms with Gasteiger partial charge in [0.2, 0.25) is 0 Å². The lowest BCUT2D eigenvalue weighted by Gasteiger charge is -2.05. The molecule has 2 aromatic rings. The molecule has 16 heavy (non-hydrogen) atoms. The molecule has 0 atom stereocenters. The van der Waals surface area contributed by atoms with Crippen molar-refractivity contribution in [3.63, 3.8) is 0 Å². The van der Waals surface area contributed by atoms with Gasteiger partial charge < -0.3 is 0 Å². The van der Waals surface area contributed by atoms with Gasteiger partial charge in [-0.15, -0.1) is 0 Å². The molecule has 84 valence electrons. The highest BCUT2D eigenvalue weighted by molar-refractivity contribution is 5.31. The highest BCUT2D eigenvalue weighted by Gasteiger charge is 2.12. The minimum Gasteiger partial charge on any atom is -0.288 e. The van der Waals surface area contributed by atoms with Crippen molar-refractivity contribution in [2.45, 2.75) is 19.8 Å². The first-order valence-electron chi connectivity index (χ1n) is 5.45. The number of hydrogen-bond donors (Lipinski definition) is 0. The third-order valence-electron chi connectivity index (χ3n) is 2.70. The summed E-state index contributed by atoms with van der Waals surface area (Å²) >= 11 is 0. The highest BCUT2D eigenvalue weighted by Crippen LogP contribution is 2.11. The monoisotopic (exact) mass is 216 g/mol. The summed E-state index contributed by atoms with van der Waals surface area (Å²) in [5, 5.41) is 0. The molecule has 0 amide bonds. The van der Waals surface area contributed by atoms with E-state index >= 15 is 0 Å². The van der Waals surface area contributed by atoms with Crippen molar-refractivity contribution in [3.05, 3.63) is 52.4 Å². The van der Waals surface area contributed by atoms with Gasteiger partial charge in [-0.25, -0.2) is 4.68 Å². The molecule has 0 spiro atoms. The van der Waals surface area contributed by atoms with Gasteiger partial charge in [-0.2, -0.15) is 0 Å². The van der Waals surface area contributed by atoms with Crippen LogP contribution in [0.15, 0.2) is 41.3 Å². The first-order chi connectivity index (χ1) is 7.61. The van der Waals surface area contributed by atoms with E-state index in [1.165, 1.54) is 0 Å². The number of para-hydroxylation sites is 1. The van der Waals surface area contributed by atoms with Gasteiger partial charge in [0.1, 0.15) is 0 Å². The van der Waals surface area contributed by atoms with Gasteiger partial charge in [0.25, 0.3) is 5.56 Å². The molecule has 0 bridgehead atoms. The molecule has 0 aliphatic rings. The maximum atomic E-state index is 12.2. The van der Waals surface area contributed by atoms with Crippen LogP contribution in [0.5, 0.6) is 0 Å². The second-order valence-electron chi connectivity index (χ2n) is 4.27. The van der Waals surface area contributed by atoms with Crippen LogP contribution in [0, 0.1) is 0 Å². The van der Waals surface area contributed by atoms with Crippen molar-refractivity contribution < 1.29 is 0 Å². The molecule has 2 rings (SSSR count). The number of nitrogens with zero attached hydrogens (tertiary/aromatic N) is 2. The summed E-state index contributed by atoms with van der Waals surface area (Å²) in [6, 6.07) is 9.69. The average molecular weight is 216 g/mol. The van der Waals surface area contributed by atoms with Gasteiger partial charge in [0.15, 0.2) is 0 Å². The molecule has 0 N–H and O–H groups in total. The first-order valence-corrected chi connectivity index (χ1v) is 5.45. The van der Waals surface area contributed by atoms with Gasteiger partial charge in [-0.3, -0.25) is 9.48 Å². The predicted octanol–water partition coefficient (Wildman–Crippen LogP) is 2.30. The zero-order valence-corrected chi connectivity index (χ0v) is 9.84. The van der Waals surface area contributed by atoms with Crippen molar-refractivity contribution >= 4 is 0 Å². The van der Waals surface area contributed by atoms with E-state index in [4.69, 9.17) is 0 Å². The van der Waals surface area contributed by atoms with Crippen molar-refractivity contribution in [1.29, 1.82) is 0 Å². The van der Waals surface area contributed by atoms with E-state index < -0.39 is 0 Å². The van der Waals surface area contributed by atoms with E-state index in [0.29, 0.717) is 0 Å². The van der Waals surface area contributed by atoms with Crippen LogP contribution in [0.25, 0.3) is 5.69 Å². The average Bonchev–Trinajstić information content (AvgIpc) is 2.56. The molecule has 0 fully saturated rings. The van der Waals surface area contributed by atoms with Crippen molar-refractivity contribution in [2.24, 2.45) is 7.05 Å². The molecule has 0 saturated heterocycles. The Morgan fingerprint density at radius 2 is 1.75 bits per heavy atom. The molecule has 0 unspecified atom stereocenters. The predicted molar refractivity (Wildman–Crippen MR) is 65.1 cm³/mol. The molecule has 0 saturated carbocycles. The maximum absolute atomic E-state index is 12.2. The number of aryl methyl sites for hydroxylation is 1. The molecule has 0 radical (unpaired) electrons. The number of hydrogen-bond acceptors (Lipinski definition) is 1. The molecule has 1 aromatic heterocycles. The molecule has 3 heteroatoms. The second kappa shape index (κ2) is 4.00. The van der Waals surface area contributed by atoms with E-state index in [2.05, 4.69) is 0 Å². The first kappa shape index (κ1) is 10.7. The summed E-state index contributed by atoms with van der Waals surface area (Å²) in [5.74, 6) is 0.253. The van der Waals surface area contributed by atoms with Crippen LogP contribution in [0.4, 0.5) is 0 Å². The Morgan fingerprint density at radius 3 is 2.25 bits per heavy atom. The number of benzene rings is 1. The van der Waals surface area contributed by atoms with Crippen LogP contribution in [0.1, 0.15) is 25.3 Å². The molecule has 3 nitrogen and oxygen atoms in total. The lowest BCUT2D eigenvalue weighted by Crippen LogP contribution is -2.21. The van der Waals surface area contributed by atoms with Crippen molar-refractivity contribution in [2.75, 3.05) is 0 Å². The van der Waals surface area contributed by atoms with E-state index in [1.807, 2.05) is 62.1 Å². The Bertz CT molecular complexity index is 535. The van der Waals surface area contributed by atoms with Crippen molar-refractivity contribution in [3.8, 4) is 5.69 Å². The van der Waals surface area contributed by atoms with E-state index in [9.17, 15) is 4.79 Å². The molecular weight excluding hydrogens is 200 g/mol. The summed E-state index contributed by atoms with van der Waals surface area (Å²) in [4.78, 5) is 12.2. The Labute approximate surface area is 94.9 Å². The fourth-order valence-electron chi connectivity index (χ4n) is 1.84. The fraction of sp³-hybridized carbons (Fsp3) is 0.308. The fourth-order valence-corrected chi connectivity index (χ4v) is 1.84. The largest absolute Gasteiger partial charge is 0.288 e. The molecule has 0 aliphatic carbocycles. The minimum absolute atomic E-state index is 0.0729. The molecule has 0 aliphatic heterocycles. The Balaban J connectivity index is 2.63. The van der Waals surface area contributed by atoms with Crippen molar-refractivity contribution in [1.82, 2.24) is 9.36 Å². The van der Waals surface area contributed by atoms with Gasteiger partial charge in [-0.05, 0) is 18.1 Å². The SMILES string of the molecule is CC(C)c1cn(C)n(-c2ccccc2)c1=O. The standard InChI is InChI=1S/C13H16N2O/c1-10(2)12-9-14(3)15(13(12)16)11-7-5-4-6-8-11/h4-10H,1-3H3. The second-order valence-corrected chi connectivity index (χ2v) is 4.27. The summed E-state index contributed by atoms with van der Waals surface area (Å²) in [5.41, 5.74) is 1.83. The van der Waals surface area contributed by atoms with Gasteiger partial charge >= 0.3 is 0 Å². The van der Waals surface area contributed by atoms with Gasteiger partial charge in [-0.1, -0.05) is 32.0 Å².